The number of aryl methyl sites for hydroxylation is 1. The summed E-state index contributed by atoms with van der Waals surface area (Å²) in [6.45, 7) is 2.20. The van der Waals surface area contributed by atoms with Crippen LogP contribution in [0.2, 0.25) is 0 Å². The summed E-state index contributed by atoms with van der Waals surface area (Å²) in [6.07, 6.45) is 6.83. The van der Waals surface area contributed by atoms with Crippen molar-refractivity contribution in [2.75, 3.05) is 0 Å². The van der Waals surface area contributed by atoms with Crippen LogP contribution >= 0.6 is 12.2 Å². The number of aromatic amines is 1. The third-order valence-corrected chi connectivity index (χ3v) is 4.12. The molecule has 0 bridgehead atoms. The zero-order valence-corrected chi connectivity index (χ0v) is 14.0. The minimum atomic E-state index is -0.258. The first-order valence-corrected chi connectivity index (χ1v) is 8.53. The summed E-state index contributed by atoms with van der Waals surface area (Å²) in [5, 5.41) is 17.3. The highest BCUT2D eigenvalue weighted by Gasteiger charge is 2.11. The van der Waals surface area contributed by atoms with E-state index in [1.807, 2.05) is 34.9 Å². The van der Waals surface area contributed by atoms with Gasteiger partial charge in [0, 0.05) is 12.1 Å². The van der Waals surface area contributed by atoms with E-state index in [0.717, 1.165) is 37.2 Å². The van der Waals surface area contributed by atoms with Crippen LogP contribution in [0.1, 0.15) is 51.3 Å². The number of unbranched alkanes of at least 4 members (excludes halogenated alkanes) is 3. The van der Waals surface area contributed by atoms with Crippen LogP contribution in [0.25, 0.3) is 5.69 Å². The van der Waals surface area contributed by atoms with Crippen LogP contribution in [-0.4, -0.2) is 26.0 Å². The van der Waals surface area contributed by atoms with Crippen molar-refractivity contribution in [2.24, 2.45) is 0 Å². The van der Waals surface area contributed by atoms with Crippen molar-refractivity contribution >= 4 is 12.2 Å². The first-order valence-electron chi connectivity index (χ1n) is 8.12. The highest BCUT2D eigenvalue weighted by molar-refractivity contribution is 7.71. The lowest BCUT2D eigenvalue weighted by Gasteiger charge is -2.11. The lowest BCUT2D eigenvalue weighted by molar-refractivity contribution is 0.150. The number of rotatable bonds is 9. The molecule has 0 radical (unpaired) electrons. The van der Waals surface area contributed by atoms with Crippen molar-refractivity contribution in [3.8, 4) is 5.69 Å². The molecule has 4 nitrogen and oxygen atoms in total. The summed E-state index contributed by atoms with van der Waals surface area (Å²) >= 11 is 5.32. The minimum Gasteiger partial charge on any atom is -0.393 e. The van der Waals surface area contributed by atoms with E-state index in [0.29, 0.717) is 4.77 Å². The molecule has 22 heavy (non-hydrogen) atoms. The Labute approximate surface area is 137 Å². The topological polar surface area (TPSA) is 53.8 Å². The van der Waals surface area contributed by atoms with Crippen molar-refractivity contribution in [2.45, 2.75) is 58.0 Å². The monoisotopic (exact) mass is 319 g/mol. The fourth-order valence-corrected chi connectivity index (χ4v) is 2.84. The highest BCUT2D eigenvalue weighted by Crippen LogP contribution is 2.14. The summed E-state index contributed by atoms with van der Waals surface area (Å²) in [5.41, 5.74) is 1.01. The molecule has 0 spiro atoms. The van der Waals surface area contributed by atoms with Gasteiger partial charge in [0.2, 0.25) is 0 Å². The molecule has 0 amide bonds. The van der Waals surface area contributed by atoms with Gasteiger partial charge in [0.1, 0.15) is 5.82 Å². The third kappa shape index (κ3) is 4.78. The Balaban J connectivity index is 1.93. The van der Waals surface area contributed by atoms with Gasteiger partial charge in [-0.15, -0.1) is 0 Å². The van der Waals surface area contributed by atoms with Gasteiger partial charge >= 0.3 is 0 Å². The Kier molecular flexibility index (Phi) is 6.80. The smallest absolute Gasteiger partial charge is 0.199 e. The molecule has 0 aliphatic carbocycles. The summed E-state index contributed by atoms with van der Waals surface area (Å²) in [7, 11) is 0. The second kappa shape index (κ2) is 8.86. The molecular weight excluding hydrogens is 294 g/mol. The molecule has 0 saturated heterocycles. The van der Waals surface area contributed by atoms with Crippen LogP contribution in [0, 0.1) is 4.77 Å². The van der Waals surface area contributed by atoms with Crippen molar-refractivity contribution in [3.05, 3.63) is 40.9 Å². The van der Waals surface area contributed by atoms with Crippen LogP contribution in [0.3, 0.4) is 0 Å². The van der Waals surface area contributed by atoms with Gasteiger partial charge in [-0.1, -0.05) is 50.8 Å². The maximum absolute atomic E-state index is 10.1. The van der Waals surface area contributed by atoms with E-state index in [4.69, 9.17) is 12.2 Å². The molecule has 0 saturated carbocycles. The number of aliphatic hydroxyl groups excluding tert-OH is 1. The van der Waals surface area contributed by atoms with Crippen LogP contribution in [0.4, 0.5) is 0 Å². The van der Waals surface area contributed by atoms with Gasteiger partial charge in [-0.3, -0.25) is 9.67 Å². The number of nitrogens with zero attached hydrogens (tertiary/aromatic N) is 2. The van der Waals surface area contributed by atoms with Crippen LogP contribution < -0.4 is 0 Å². The molecule has 2 N–H and O–H groups in total. The fraction of sp³-hybridized carbons (Fsp3) is 0.529. The maximum atomic E-state index is 10.1. The predicted molar refractivity (Wildman–Crippen MR) is 91.8 cm³/mol. The number of hydrogen-bond acceptors (Lipinski definition) is 3. The molecular formula is C17H25N3OS. The number of aromatic nitrogens is 3. The number of nitrogens with one attached hydrogen (secondary N) is 1. The first kappa shape index (κ1) is 16.9. The van der Waals surface area contributed by atoms with E-state index in [9.17, 15) is 5.11 Å². The van der Waals surface area contributed by atoms with E-state index in [-0.39, 0.29) is 6.10 Å². The highest BCUT2D eigenvalue weighted by atomic mass is 32.1. The van der Waals surface area contributed by atoms with E-state index < -0.39 is 0 Å². The Morgan fingerprint density at radius 1 is 1.18 bits per heavy atom. The summed E-state index contributed by atoms with van der Waals surface area (Å²) in [4.78, 5) is 0. The van der Waals surface area contributed by atoms with E-state index in [2.05, 4.69) is 17.1 Å². The number of para-hydroxylation sites is 1. The molecule has 2 aromatic rings. The van der Waals surface area contributed by atoms with Crippen molar-refractivity contribution < 1.29 is 5.11 Å². The minimum absolute atomic E-state index is 0.258. The molecule has 1 atom stereocenters. The third-order valence-electron chi connectivity index (χ3n) is 3.85. The quantitative estimate of drug-likeness (QED) is 0.538. The second-order valence-corrected chi connectivity index (χ2v) is 6.04. The Morgan fingerprint density at radius 3 is 2.68 bits per heavy atom. The van der Waals surface area contributed by atoms with Gasteiger partial charge in [0.25, 0.3) is 0 Å². The zero-order valence-electron chi connectivity index (χ0n) is 13.2. The van der Waals surface area contributed by atoms with E-state index in [1.165, 1.54) is 19.3 Å². The Hall–Kier alpha value is -1.46. The molecule has 1 heterocycles. The second-order valence-electron chi connectivity index (χ2n) is 5.66. The Morgan fingerprint density at radius 2 is 1.95 bits per heavy atom. The average molecular weight is 319 g/mol. The van der Waals surface area contributed by atoms with Crippen LogP contribution in [-0.2, 0) is 6.42 Å². The van der Waals surface area contributed by atoms with E-state index >= 15 is 0 Å². The van der Waals surface area contributed by atoms with Crippen LogP contribution in [0.5, 0.6) is 0 Å². The standard InChI is InChI=1S/C17H25N3OS/c1-2-3-4-8-11-15(21)12-13-16-18-19-17(22)20(16)14-9-6-5-7-10-14/h5-7,9-10,15,21H,2-4,8,11-13H2,1H3,(H,19,22)/t15-/m0/s1. The van der Waals surface area contributed by atoms with E-state index in [1.54, 1.807) is 0 Å². The lowest BCUT2D eigenvalue weighted by Crippen LogP contribution is -2.10. The largest absolute Gasteiger partial charge is 0.393 e. The summed E-state index contributed by atoms with van der Waals surface area (Å²) in [5.74, 6) is 0.879. The molecule has 0 fully saturated rings. The van der Waals surface area contributed by atoms with Gasteiger partial charge in [0.15, 0.2) is 4.77 Å². The number of benzene rings is 1. The Bertz CT molecular complexity index is 606. The van der Waals surface area contributed by atoms with Crippen LogP contribution in [0.15, 0.2) is 30.3 Å². The zero-order chi connectivity index (χ0) is 15.8. The molecule has 120 valence electrons. The number of H-pyrrole nitrogens is 1. The average Bonchev–Trinajstić information content (AvgIpc) is 2.91. The normalized spacial score (nSPS) is 12.5. The van der Waals surface area contributed by atoms with Gasteiger partial charge < -0.3 is 5.11 Å². The molecule has 0 aliphatic rings. The van der Waals surface area contributed by atoms with Gasteiger partial charge in [-0.2, -0.15) is 5.10 Å². The molecule has 5 heteroatoms. The molecule has 0 aliphatic heterocycles. The van der Waals surface area contributed by atoms with Crippen molar-refractivity contribution in [3.63, 3.8) is 0 Å². The maximum Gasteiger partial charge on any atom is 0.199 e. The van der Waals surface area contributed by atoms with Crippen molar-refractivity contribution in [1.29, 1.82) is 0 Å². The van der Waals surface area contributed by atoms with Gasteiger partial charge in [-0.05, 0) is 37.2 Å². The van der Waals surface area contributed by atoms with Gasteiger partial charge in [-0.25, -0.2) is 0 Å². The summed E-state index contributed by atoms with van der Waals surface area (Å²) in [6, 6.07) is 9.96. The lowest BCUT2D eigenvalue weighted by atomic mass is 10.1. The number of aliphatic hydroxyl groups is 1. The molecule has 1 aromatic carbocycles. The predicted octanol–water partition coefficient (Wildman–Crippen LogP) is 4.19. The summed E-state index contributed by atoms with van der Waals surface area (Å²) < 4.78 is 2.54. The SMILES string of the molecule is CCCCCC[C@H](O)CCc1n[nH]c(=S)n1-c1ccccc1. The van der Waals surface area contributed by atoms with Gasteiger partial charge in [0.05, 0.1) is 6.10 Å². The van der Waals surface area contributed by atoms with Crippen molar-refractivity contribution in [1.82, 2.24) is 14.8 Å². The molecule has 2 rings (SSSR count). The first-order chi connectivity index (χ1) is 10.7. The fourth-order valence-electron chi connectivity index (χ4n) is 2.59. The number of hydrogen-bond donors (Lipinski definition) is 2. The molecule has 1 aromatic heterocycles. The molecule has 0 unspecified atom stereocenters.